The number of fused-ring (bicyclic) bond motifs is 2. The summed E-state index contributed by atoms with van der Waals surface area (Å²) in [5.41, 5.74) is 2.91. The van der Waals surface area contributed by atoms with E-state index in [4.69, 9.17) is 4.74 Å². The van der Waals surface area contributed by atoms with E-state index in [2.05, 4.69) is 10.3 Å². The van der Waals surface area contributed by atoms with Gasteiger partial charge in [0.15, 0.2) is 0 Å². The van der Waals surface area contributed by atoms with E-state index in [0.717, 1.165) is 10.9 Å². The van der Waals surface area contributed by atoms with Crippen molar-refractivity contribution in [3.05, 3.63) is 84.3 Å². The Bertz CT molecular complexity index is 1350. The molecule has 2 amide bonds. The molecule has 3 aromatic carbocycles. The summed E-state index contributed by atoms with van der Waals surface area (Å²) in [6, 6.07) is 18.0. The van der Waals surface area contributed by atoms with Crippen LogP contribution in [0.1, 0.15) is 10.4 Å². The van der Waals surface area contributed by atoms with Gasteiger partial charge in [-0.2, -0.15) is 0 Å². The summed E-state index contributed by atoms with van der Waals surface area (Å²) in [6.45, 7) is 0.0266. The van der Waals surface area contributed by atoms with Crippen molar-refractivity contribution < 1.29 is 18.7 Å². The number of hydrogen-bond donors (Lipinski definition) is 2. The predicted octanol–water partition coefficient (Wildman–Crippen LogP) is 4.13. The molecule has 0 spiro atoms. The highest BCUT2D eigenvalue weighted by atomic mass is 19.1. The van der Waals surface area contributed by atoms with Gasteiger partial charge in [0.25, 0.3) is 11.8 Å². The van der Waals surface area contributed by atoms with Crippen LogP contribution in [-0.4, -0.2) is 36.5 Å². The predicted molar refractivity (Wildman–Crippen MR) is 120 cm³/mol. The largest absolute Gasteiger partial charge is 0.489 e. The lowest BCUT2D eigenvalue weighted by molar-refractivity contribution is -0.120. The van der Waals surface area contributed by atoms with Crippen LogP contribution >= 0.6 is 0 Å². The molecule has 0 unspecified atom stereocenters. The number of carbonyl (C=O) groups excluding carboxylic acids is 2. The number of anilines is 1. The van der Waals surface area contributed by atoms with Gasteiger partial charge in [-0.3, -0.25) is 9.59 Å². The molecule has 0 fully saturated rings. The number of ether oxygens (including phenoxy) is 1. The first kappa shape index (κ1) is 19.8. The van der Waals surface area contributed by atoms with Crippen molar-refractivity contribution >= 4 is 28.4 Å². The normalized spacial score (nSPS) is 15.8. The van der Waals surface area contributed by atoms with Gasteiger partial charge in [-0.15, -0.1) is 0 Å². The zero-order chi connectivity index (χ0) is 22.2. The molecule has 1 aliphatic rings. The van der Waals surface area contributed by atoms with Gasteiger partial charge in [0.05, 0.1) is 5.69 Å². The Labute approximate surface area is 183 Å². The zero-order valence-corrected chi connectivity index (χ0v) is 17.3. The van der Waals surface area contributed by atoms with Crippen LogP contribution in [0, 0.1) is 5.82 Å². The molecule has 6 nitrogen and oxygen atoms in total. The summed E-state index contributed by atoms with van der Waals surface area (Å²) in [7, 11) is 1.65. The number of halogens is 1. The third-order valence-corrected chi connectivity index (χ3v) is 5.67. The molecule has 0 saturated carbocycles. The number of hydrogen-bond acceptors (Lipinski definition) is 3. The van der Waals surface area contributed by atoms with Gasteiger partial charge in [0.2, 0.25) is 0 Å². The average molecular weight is 429 g/mol. The van der Waals surface area contributed by atoms with Crippen LogP contribution in [0.5, 0.6) is 5.75 Å². The van der Waals surface area contributed by atoms with Gasteiger partial charge in [0, 0.05) is 40.8 Å². The molecule has 1 aliphatic heterocycles. The Morgan fingerprint density at radius 2 is 1.88 bits per heavy atom. The van der Waals surface area contributed by atoms with E-state index in [0.29, 0.717) is 28.1 Å². The molecule has 2 heterocycles. The molecule has 7 heteroatoms. The smallest absolute Gasteiger partial charge is 0.252 e. The lowest BCUT2D eigenvalue weighted by Crippen LogP contribution is -2.49. The Balaban J connectivity index is 1.43. The van der Waals surface area contributed by atoms with Crippen molar-refractivity contribution in [1.82, 2.24) is 10.3 Å². The summed E-state index contributed by atoms with van der Waals surface area (Å²) >= 11 is 0. The van der Waals surface area contributed by atoms with Gasteiger partial charge < -0.3 is 19.9 Å². The fourth-order valence-corrected chi connectivity index (χ4v) is 3.96. The van der Waals surface area contributed by atoms with Crippen molar-refractivity contribution in [2.45, 2.75) is 6.04 Å². The number of carbonyl (C=O) groups is 2. The van der Waals surface area contributed by atoms with E-state index in [1.807, 2.05) is 12.1 Å². The molecular weight excluding hydrogens is 409 g/mol. The number of aromatic amines is 1. The van der Waals surface area contributed by atoms with E-state index in [9.17, 15) is 14.0 Å². The maximum absolute atomic E-state index is 14.3. The highest BCUT2D eigenvalue weighted by molar-refractivity contribution is 6.06. The number of likely N-dealkylation sites (N-methyl/N-ethyl adjacent to an activating group) is 1. The minimum absolute atomic E-state index is 0.0266. The third-order valence-electron chi connectivity index (χ3n) is 5.67. The number of amides is 2. The molecule has 1 atom stereocenters. The molecule has 32 heavy (non-hydrogen) atoms. The maximum Gasteiger partial charge on any atom is 0.252 e. The number of nitrogens with one attached hydrogen (secondary N) is 2. The van der Waals surface area contributed by atoms with E-state index in [1.165, 1.54) is 11.0 Å². The van der Waals surface area contributed by atoms with Crippen LogP contribution in [0.3, 0.4) is 0 Å². The van der Waals surface area contributed by atoms with Crippen LogP contribution in [-0.2, 0) is 4.79 Å². The first-order valence-electron chi connectivity index (χ1n) is 10.2. The highest BCUT2D eigenvalue weighted by Crippen LogP contribution is 2.32. The average Bonchev–Trinajstić information content (AvgIpc) is 3.19. The maximum atomic E-state index is 14.3. The second kappa shape index (κ2) is 7.85. The van der Waals surface area contributed by atoms with Gasteiger partial charge >= 0.3 is 0 Å². The molecule has 0 aliphatic carbocycles. The molecule has 160 valence electrons. The van der Waals surface area contributed by atoms with Gasteiger partial charge in [0.1, 0.15) is 24.2 Å². The lowest BCUT2D eigenvalue weighted by atomic mass is 10.0. The quantitative estimate of drug-likeness (QED) is 0.514. The standard InChI is InChI=1S/C25H20FN3O3/c1-29-22-8-4-5-9-23(22)32-14-21(25(29)31)28-24(30)15-10-11-20-17(12-15)18(13-27-20)16-6-2-3-7-19(16)26/h2-13,21,27H,14H2,1H3,(H,28,30)/t21-/m0/s1. The second-order valence-corrected chi connectivity index (χ2v) is 7.64. The SMILES string of the molecule is CN1C(=O)[C@@H](NC(=O)c2ccc3[nH]cc(-c4ccccc4F)c3c2)COc2ccccc21. The summed E-state index contributed by atoms with van der Waals surface area (Å²) in [4.78, 5) is 30.5. The van der Waals surface area contributed by atoms with Crippen molar-refractivity contribution in [3.8, 4) is 16.9 Å². The summed E-state index contributed by atoms with van der Waals surface area (Å²) in [6.07, 6.45) is 1.72. The summed E-state index contributed by atoms with van der Waals surface area (Å²) in [5.74, 6) is -0.428. The van der Waals surface area contributed by atoms with Crippen LogP contribution in [0.4, 0.5) is 10.1 Å². The number of nitrogens with zero attached hydrogens (tertiary/aromatic N) is 1. The number of benzene rings is 3. The van der Waals surface area contributed by atoms with Crippen molar-refractivity contribution in [3.63, 3.8) is 0 Å². The Morgan fingerprint density at radius 1 is 1.09 bits per heavy atom. The van der Waals surface area contributed by atoms with E-state index >= 15 is 0 Å². The Hall–Kier alpha value is -4.13. The first-order chi connectivity index (χ1) is 15.5. The Kier molecular flexibility index (Phi) is 4.86. The molecule has 0 saturated heterocycles. The molecule has 1 aromatic heterocycles. The van der Waals surface area contributed by atoms with E-state index in [-0.39, 0.29) is 18.3 Å². The van der Waals surface area contributed by atoms with Crippen LogP contribution in [0.25, 0.3) is 22.0 Å². The molecule has 4 aromatic rings. The molecule has 2 N–H and O–H groups in total. The molecule has 0 bridgehead atoms. The van der Waals surface area contributed by atoms with Crippen LogP contribution in [0.2, 0.25) is 0 Å². The van der Waals surface area contributed by atoms with Gasteiger partial charge in [-0.1, -0.05) is 30.3 Å². The van der Waals surface area contributed by atoms with Gasteiger partial charge in [-0.25, -0.2) is 4.39 Å². The number of rotatable bonds is 3. The number of H-pyrrole nitrogens is 1. The summed E-state index contributed by atoms with van der Waals surface area (Å²) < 4.78 is 20.1. The van der Waals surface area contributed by atoms with E-state index < -0.39 is 11.9 Å². The molecule has 0 radical (unpaired) electrons. The zero-order valence-electron chi connectivity index (χ0n) is 17.3. The molecular formula is C25H20FN3O3. The van der Waals surface area contributed by atoms with Crippen LogP contribution < -0.4 is 15.0 Å². The highest BCUT2D eigenvalue weighted by Gasteiger charge is 2.30. The lowest BCUT2D eigenvalue weighted by Gasteiger charge is -2.20. The summed E-state index contributed by atoms with van der Waals surface area (Å²) in [5, 5.41) is 3.50. The molecule has 5 rings (SSSR count). The van der Waals surface area contributed by atoms with Crippen molar-refractivity contribution in [2.24, 2.45) is 0 Å². The monoisotopic (exact) mass is 429 g/mol. The van der Waals surface area contributed by atoms with Crippen LogP contribution in [0.15, 0.2) is 72.9 Å². The fraction of sp³-hybridized carbons (Fsp3) is 0.120. The minimum Gasteiger partial charge on any atom is -0.489 e. The fourth-order valence-electron chi connectivity index (χ4n) is 3.96. The minimum atomic E-state index is -0.840. The van der Waals surface area contributed by atoms with Gasteiger partial charge in [-0.05, 0) is 36.4 Å². The topological polar surface area (TPSA) is 74.4 Å². The number of para-hydroxylation sites is 2. The third kappa shape index (κ3) is 3.37. The first-order valence-corrected chi connectivity index (χ1v) is 10.2. The second-order valence-electron chi connectivity index (χ2n) is 7.64. The van der Waals surface area contributed by atoms with Crippen molar-refractivity contribution in [1.29, 1.82) is 0 Å². The number of aromatic nitrogens is 1. The van der Waals surface area contributed by atoms with E-state index in [1.54, 1.807) is 61.8 Å². The van der Waals surface area contributed by atoms with Crippen molar-refractivity contribution in [2.75, 3.05) is 18.6 Å². The Morgan fingerprint density at radius 3 is 2.72 bits per heavy atom.